The maximum Gasteiger partial charge on any atom is 0.327 e. The summed E-state index contributed by atoms with van der Waals surface area (Å²) in [6.45, 7) is 0.263. The molecule has 0 saturated carbocycles. The van der Waals surface area contributed by atoms with Gasteiger partial charge in [-0.1, -0.05) is 18.2 Å². The van der Waals surface area contributed by atoms with Crippen molar-refractivity contribution in [2.75, 3.05) is 13.6 Å². The van der Waals surface area contributed by atoms with Crippen LogP contribution in [0.3, 0.4) is 0 Å². The number of hydrogen-bond donors (Lipinski definition) is 0. The molecule has 0 bridgehead atoms. The SMILES string of the molecule is CN1CC(=O)N(Cc2ccccc2C#N)C1=O. The highest BCUT2D eigenvalue weighted by Crippen LogP contribution is 2.15. The van der Waals surface area contributed by atoms with Gasteiger partial charge >= 0.3 is 6.03 Å². The lowest BCUT2D eigenvalue weighted by atomic mass is 10.1. The number of hydrogen-bond acceptors (Lipinski definition) is 3. The van der Waals surface area contributed by atoms with E-state index in [1.165, 1.54) is 4.90 Å². The number of imide groups is 1. The number of urea groups is 1. The zero-order chi connectivity index (χ0) is 12.4. The van der Waals surface area contributed by atoms with Crippen LogP contribution < -0.4 is 0 Å². The molecule has 0 aliphatic carbocycles. The van der Waals surface area contributed by atoms with Crippen LogP contribution in [0.25, 0.3) is 0 Å². The lowest BCUT2D eigenvalue weighted by Gasteiger charge is -2.14. The van der Waals surface area contributed by atoms with Crippen molar-refractivity contribution in [1.82, 2.24) is 9.80 Å². The number of likely N-dealkylation sites (N-methyl/N-ethyl adjacent to an activating group) is 1. The minimum atomic E-state index is -0.317. The molecule has 17 heavy (non-hydrogen) atoms. The molecular formula is C12H11N3O2. The molecule has 5 nitrogen and oxygen atoms in total. The van der Waals surface area contributed by atoms with Crippen molar-refractivity contribution in [3.63, 3.8) is 0 Å². The molecule has 3 amide bonds. The Morgan fingerprint density at radius 2 is 2.06 bits per heavy atom. The quantitative estimate of drug-likeness (QED) is 0.709. The predicted molar refractivity (Wildman–Crippen MR) is 59.7 cm³/mol. The summed E-state index contributed by atoms with van der Waals surface area (Å²) in [6, 6.07) is 8.68. The van der Waals surface area contributed by atoms with Gasteiger partial charge < -0.3 is 4.90 Å². The summed E-state index contributed by atoms with van der Waals surface area (Å²) < 4.78 is 0. The van der Waals surface area contributed by atoms with Gasteiger partial charge in [-0.3, -0.25) is 9.69 Å². The average Bonchev–Trinajstić information content (AvgIpc) is 2.57. The Morgan fingerprint density at radius 1 is 1.35 bits per heavy atom. The topological polar surface area (TPSA) is 64.4 Å². The van der Waals surface area contributed by atoms with Gasteiger partial charge in [0.1, 0.15) is 6.54 Å². The third-order valence-corrected chi connectivity index (χ3v) is 2.70. The lowest BCUT2D eigenvalue weighted by molar-refractivity contribution is -0.125. The highest BCUT2D eigenvalue weighted by Gasteiger charge is 2.33. The maximum absolute atomic E-state index is 11.7. The maximum atomic E-state index is 11.7. The molecule has 1 aromatic carbocycles. The van der Waals surface area contributed by atoms with Gasteiger partial charge in [0.05, 0.1) is 18.2 Å². The Hall–Kier alpha value is -2.35. The molecule has 0 aromatic heterocycles. The number of nitrogens with zero attached hydrogens (tertiary/aromatic N) is 3. The highest BCUT2D eigenvalue weighted by molar-refractivity contribution is 6.01. The van der Waals surface area contributed by atoms with E-state index >= 15 is 0 Å². The third kappa shape index (κ3) is 1.97. The van der Waals surface area contributed by atoms with Crippen molar-refractivity contribution in [3.05, 3.63) is 35.4 Å². The summed E-state index contributed by atoms with van der Waals surface area (Å²) in [5, 5.41) is 8.93. The van der Waals surface area contributed by atoms with Gasteiger partial charge in [-0.2, -0.15) is 5.26 Å². The van der Waals surface area contributed by atoms with Gasteiger partial charge in [-0.25, -0.2) is 4.79 Å². The molecule has 0 N–H and O–H groups in total. The van der Waals surface area contributed by atoms with E-state index in [1.807, 2.05) is 6.07 Å². The fraction of sp³-hybridized carbons (Fsp3) is 0.250. The smallest absolute Gasteiger partial charge is 0.318 e. The van der Waals surface area contributed by atoms with E-state index in [4.69, 9.17) is 5.26 Å². The van der Waals surface area contributed by atoms with Gasteiger partial charge in [0, 0.05) is 7.05 Å². The van der Waals surface area contributed by atoms with Gasteiger partial charge in [-0.05, 0) is 11.6 Å². The molecule has 0 spiro atoms. The number of carbonyl (C=O) groups is 2. The number of carbonyl (C=O) groups excluding carboxylic acids is 2. The van der Waals surface area contributed by atoms with Crippen LogP contribution in [0.4, 0.5) is 4.79 Å². The molecule has 1 heterocycles. The van der Waals surface area contributed by atoms with Crippen LogP contribution in [-0.2, 0) is 11.3 Å². The fourth-order valence-electron chi connectivity index (χ4n) is 1.76. The van der Waals surface area contributed by atoms with Crippen molar-refractivity contribution in [3.8, 4) is 6.07 Å². The Morgan fingerprint density at radius 3 is 2.65 bits per heavy atom. The zero-order valence-corrected chi connectivity index (χ0v) is 9.38. The second-order valence-electron chi connectivity index (χ2n) is 3.89. The molecular weight excluding hydrogens is 218 g/mol. The molecule has 2 rings (SSSR count). The molecule has 1 aliphatic heterocycles. The first-order valence-electron chi connectivity index (χ1n) is 5.17. The number of rotatable bonds is 2. The molecule has 1 saturated heterocycles. The summed E-state index contributed by atoms with van der Waals surface area (Å²) in [7, 11) is 1.58. The van der Waals surface area contributed by atoms with Crippen LogP contribution in [0.15, 0.2) is 24.3 Å². The standard InChI is InChI=1S/C12H11N3O2/c1-14-8-11(16)15(12(14)17)7-10-5-3-2-4-9(10)6-13/h2-5H,7-8H2,1H3. The van der Waals surface area contributed by atoms with E-state index in [1.54, 1.807) is 31.3 Å². The van der Waals surface area contributed by atoms with Gasteiger partial charge in [-0.15, -0.1) is 0 Å². The first-order valence-corrected chi connectivity index (χ1v) is 5.17. The summed E-state index contributed by atoms with van der Waals surface area (Å²) in [6.07, 6.45) is 0. The average molecular weight is 229 g/mol. The van der Waals surface area contributed by atoms with Crippen LogP contribution in [-0.4, -0.2) is 35.3 Å². The molecule has 1 aliphatic rings. The Balaban J connectivity index is 2.25. The monoisotopic (exact) mass is 229 g/mol. The molecule has 1 fully saturated rings. The van der Waals surface area contributed by atoms with Crippen molar-refractivity contribution < 1.29 is 9.59 Å². The van der Waals surface area contributed by atoms with Crippen LogP contribution >= 0.6 is 0 Å². The number of amides is 3. The van der Waals surface area contributed by atoms with E-state index in [0.29, 0.717) is 11.1 Å². The van der Waals surface area contributed by atoms with Crippen LogP contribution in [0.1, 0.15) is 11.1 Å². The fourth-order valence-corrected chi connectivity index (χ4v) is 1.76. The van der Waals surface area contributed by atoms with Crippen molar-refractivity contribution in [2.24, 2.45) is 0 Å². The second kappa shape index (κ2) is 4.26. The lowest BCUT2D eigenvalue weighted by Crippen LogP contribution is -2.31. The predicted octanol–water partition coefficient (Wildman–Crippen LogP) is 0.952. The minimum Gasteiger partial charge on any atom is -0.318 e. The first-order chi connectivity index (χ1) is 8.13. The van der Waals surface area contributed by atoms with Crippen molar-refractivity contribution >= 4 is 11.9 Å². The molecule has 0 unspecified atom stereocenters. The van der Waals surface area contributed by atoms with Gasteiger partial charge in [0.15, 0.2) is 0 Å². The molecule has 0 radical (unpaired) electrons. The number of nitriles is 1. The normalized spacial score (nSPS) is 15.3. The zero-order valence-electron chi connectivity index (χ0n) is 9.38. The van der Waals surface area contributed by atoms with Crippen LogP contribution in [0.5, 0.6) is 0 Å². The van der Waals surface area contributed by atoms with E-state index < -0.39 is 0 Å². The second-order valence-corrected chi connectivity index (χ2v) is 3.89. The van der Waals surface area contributed by atoms with E-state index in [2.05, 4.69) is 0 Å². The summed E-state index contributed by atoms with van der Waals surface area (Å²) in [5.41, 5.74) is 1.18. The Labute approximate surface area is 98.9 Å². The molecule has 5 heteroatoms. The van der Waals surface area contributed by atoms with Crippen LogP contribution in [0, 0.1) is 11.3 Å². The molecule has 1 aromatic rings. The molecule has 86 valence electrons. The minimum absolute atomic E-state index is 0.105. The van der Waals surface area contributed by atoms with E-state index in [9.17, 15) is 9.59 Å². The Bertz CT molecular complexity index is 519. The summed E-state index contributed by atoms with van der Waals surface area (Å²) in [4.78, 5) is 25.8. The van der Waals surface area contributed by atoms with Gasteiger partial charge in [0.2, 0.25) is 0 Å². The van der Waals surface area contributed by atoms with Crippen LogP contribution in [0.2, 0.25) is 0 Å². The van der Waals surface area contributed by atoms with E-state index in [0.717, 1.165) is 4.90 Å². The molecule has 0 atom stereocenters. The summed E-state index contributed by atoms with van der Waals surface area (Å²) in [5.74, 6) is -0.231. The first kappa shape index (κ1) is 11.1. The van der Waals surface area contributed by atoms with Crippen molar-refractivity contribution in [2.45, 2.75) is 6.54 Å². The largest absolute Gasteiger partial charge is 0.327 e. The highest BCUT2D eigenvalue weighted by atomic mass is 16.2. The summed E-state index contributed by atoms with van der Waals surface area (Å²) >= 11 is 0. The third-order valence-electron chi connectivity index (χ3n) is 2.70. The van der Waals surface area contributed by atoms with E-state index in [-0.39, 0.29) is 25.0 Å². The Kier molecular flexibility index (Phi) is 2.79. The van der Waals surface area contributed by atoms with Crippen molar-refractivity contribution in [1.29, 1.82) is 5.26 Å². The van der Waals surface area contributed by atoms with Gasteiger partial charge in [0.25, 0.3) is 5.91 Å². The number of benzene rings is 1.